The first-order valence-corrected chi connectivity index (χ1v) is 11.1. The summed E-state index contributed by atoms with van der Waals surface area (Å²) in [5, 5.41) is 4.75. The van der Waals surface area contributed by atoms with E-state index in [0.717, 1.165) is 36.3 Å². The van der Waals surface area contributed by atoms with Crippen LogP contribution in [-0.2, 0) is 20.0 Å². The van der Waals surface area contributed by atoms with E-state index >= 15 is 0 Å². The van der Waals surface area contributed by atoms with Gasteiger partial charge < -0.3 is 9.88 Å². The van der Waals surface area contributed by atoms with Crippen LogP contribution in [0.5, 0.6) is 0 Å². The van der Waals surface area contributed by atoms with Crippen molar-refractivity contribution >= 4 is 10.9 Å². The predicted octanol–water partition coefficient (Wildman–Crippen LogP) is 5.28. The van der Waals surface area contributed by atoms with Gasteiger partial charge in [0.1, 0.15) is 0 Å². The number of rotatable bonds is 2. The second-order valence-electron chi connectivity index (χ2n) is 8.05. The average molecular weight is 414 g/mol. The van der Waals surface area contributed by atoms with E-state index in [1.54, 1.807) is 10.6 Å². The maximum Gasteiger partial charge on any atom is 0.255 e. The topological polar surface area (TPSA) is 39.0 Å². The summed E-state index contributed by atoms with van der Waals surface area (Å²) >= 11 is 0. The monoisotopic (exact) mass is 413 g/mol. The molecule has 1 aliphatic heterocycles. The van der Waals surface area contributed by atoms with E-state index in [1.165, 1.54) is 33.3 Å². The van der Waals surface area contributed by atoms with Crippen LogP contribution in [0.1, 0.15) is 36.2 Å². The van der Waals surface area contributed by atoms with E-state index in [2.05, 4.69) is 67.2 Å². The highest BCUT2D eigenvalue weighted by Gasteiger charge is 2.18. The smallest absolute Gasteiger partial charge is 0.255 e. The van der Waals surface area contributed by atoms with Gasteiger partial charge >= 0.3 is 0 Å². The molecule has 1 N–H and O–H groups in total. The molecule has 0 spiro atoms. The molecule has 0 saturated heterocycles. The van der Waals surface area contributed by atoms with Gasteiger partial charge in [0.05, 0.1) is 11.2 Å². The lowest BCUT2D eigenvalue weighted by Gasteiger charge is -2.14. The van der Waals surface area contributed by atoms with E-state index < -0.39 is 0 Å². The molecule has 0 bridgehead atoms. The minimum Gasteiger partial charge on any atom is -0.346 e. The molecule has 0 amide bonds. The van der Waals surface area contributed by atoms with Crippen molar-refractivity contribution < 1.29 is 0 Å². The summed E-state index contributed by atoms with van der Waals surface area (Å²) < 4.78 is 3.99. The molecule has 1 aliphatic rings. The summed E-state index contributed by atoms with van der Waals surface area (Å²) in [4.78, 5) is 13.0. The molecule has 5 rings (SSSR count). The Morgan fingerprint density at radius 1 is 0.968 bits per heavy atom. The standard InChI is InChI=1S/C25H25N3O.C2H6/c1-16-4-6-20(17(2)12-16)18-9-11-28(25(29)13-18)19-5-7-21-22-8-10-26-15-24(22)27(3)23(21)14-19;1-2/h4-7,9,11-14,26H,8,10,15H2,1-3H3;1-2H3. The molecule has 4 heteroatoms. The minimum atomic E-state index is -0.0116. The number of nitrogens with one attached hydrogen (secondary N) is 1. The SMILES string of the molecule is CC.Cc1ccc(-c2ccn(-c3ccc4c5c(n(C)c4c3)CNCC5)c(=O)c2)c(C)c1. The summed E-state index contributed by atoms with van der Waals surface area (Å²) in [7, 11) is 2.12. The first kappa shape index (κ1) is 21.1. The summed E-state index contributed by atoms with van der Waals surface area (Å²) in [6, 6.07) is 16.5. The number of benzene rings is 2. The van der Waals surface area contributed by atoms with Crippen LogP contribution in [-0.4, -0.2) is 15.7 Å². The second-order valence-corrected chi connectivity index (χ2v) is 8.05. The van der Waals surface area contributed by atoms with Crippen LogP contribution in [0, 0.1) is 13.8 Å². The molecule has 160 valence electrons. The Hall–Kier alpha value is -3.11. The zero-order chi connectivity index (χ0) is 22.1. The minimum absolute atomic E-state index is 0.0116. The lowest BCUT2D eigenvalue weighted by molar-refractivity contribution is 0.614. The molecule has 4 aromatic rings. The van der Waals surface area contributed by atoms with Gasteiger partial charge in [0.2, 0.25) is 0 Å². The fourth-order valence-corrected chi connectivity index (χ4v) is 4.63. The van der Waals surface area contributed by atoms with E-state index in [0.29, 0.717) is 0 Å². The number of aryl methyl sites for hydroxylation is 3. The van der Waals surface area contributed by atoms with Gasteiger partial charge in [0.25, 0.3) is 5.56 Å². The molecule has 0 saturated carbocycles. The fourth-order valence-electron chi connectivity index (χ4n) is 4.63. The fraction of sp³-hybridized carbons (Fsp3) is 0.296. The van der Waals surface area contributed by atoms with Crippen molar-refractivity contribution in [3.8, 4) is 16.8 Å². The highest BCUT2D eigenvalue weighted by atomic mass is 16.1. The molecule has 2 aromatic heterocycles. The Kier molecular flexibility index (Phi) is 5.84. The summed E-state index contributed by atoms with van der Waals surface area (Å²) in [5.41, 5.74) is 9.35. The van der Waals surface area contributed by atoms with E-state index in [4.69, 9.17) is 0 Å². The first-order chi connectivity index (χ1) is 15.0. The third-order valence-electron chi connectivity index (χ3n) is 6.16. The molecule has 31 heavy (non-hydrogen) atoms. The zero-order valence-corrected chi connectivity index (χ0v) is 19.1. The Balaban J connectivity index is 0.00000112. The van der Waals surface area contributed by atoms with Crippen LogP contribution in [0.2, 0.25) is 0 Å². The van der Waals surface area contributed by atoms with E-state index in [-0.39, 0.29) is 5.56 Å². The van der Waals surface area contributed by atoms with Crippen LogP contribution in [0.4, 0.5) is 0 Å². The molecular weight excluding hydrogens is 382 g/mol. The van der Waals surface area contributed by atoms with E-state index in [9.17, 15) is 4.79 Å². The molecule has 2 aromatic carbocycles. The van der Waals surface area contributed by atoms with Crippen LogP contribution in [0.15, 0.2) is 59.5 Å². The van der Waals surface area contributed by atoms with Gasteiger partial charge in [-0.05, 0) is 67.3 Å². The zero-order valence-electron chi connectivity index (χ0n) is 19.1. The van der Waals surface area contributed by atoms with Crippen molar-refractivity contribution in [3.05, 3.63) is 87.5 Å². The van der Waals surface area contributed by atoms with Crippen molar-refractivity contribution in [1.82, 2.24) is 14.5 Å². The van der Waals surface area contributed by atoms with Crippen molar-refractivity contribution in [2.24, 2.45) is 7.05 Å². The molecule has 0 atom stereocenters. The highest BCUT2D eigenvalue weighted by molar-refractivity contribution is 5.87. The first-order valence-electron chi connectivity index (χ1n) is 11.1. The van der Waals surface area contributed by atoms with Gasteiger partial charge in [0, 0.05) is 36.9 Å². The van der Waals surface area contributed by atoms with Crippen molar-refractivity contribution in [2.45, 2.75) is 40.7 Å². The largest absolute Gasteiger partial charge is 0.346 e. The predicted molar refractivity (Wildman–Crippen MR) is 130 cm³/mol. The van der Waals surface area contributed by atoms with Gasteiger partial charge in [-0.15, -0.1) is 0 Å². The van der Waals surface area contributed by atoms with Crippen molar-refractivity contribution in [3.63, 3.8) is 0 Å². The Labute approximate surface area is 184 Å². The van der Waals surface area contributed by atoms with Crippen LogP contribution < -0.4 is 10.9 Å². The lowest BCUT2D eigenvalue weighted by Crippen LogP contribution is -2.24. The van der Waals surface area contributed by atoms with Crippen molar-refractivity contribution in [2.75, 3.05) is 6.54 Å². The lowest BCUT2D eigenvalue weighted by atomic mass is 9.99. The Morgan fingerprint density at radius 3 is 2.52 bits per heavy atom. The number of hydrogen-bond acceptors (Lipinski definition) is 2. The van der Waals surface area contributed by atoms with Gasteiger partial charge in [-0.3, -0.25) is 9.36 Å². The third kappa shape index (κ3) is 3.72. The number of pyridine rings is 1. The quantitative estimate of drug-likeness (QED) is 0.485. The van der Waals surface area contributed by atoms with E-state index in [1.807, 2.05) is 26.1 Å². The molecule has 0 radical (unpaired) electrons. The van der Waals surface area contributed by atoms with Crippen LogP contribution in [0.3, 0.4) is 0 Å². The van der Waals surface area contributed by atoms with Gasteiger partial charge in [-0.2, -0.15) is 0 Å². The molecular formula is C27H31N3O. The second kappa shape index (κ2) is 8.56. The normalized spacial score (nSPS) is 12.9. The number of hydrogen-bond donors (Lipinski definition) is 1. The summed E-state index contributed by atoms with van der Waals surface area (Å²) in [5.74, 6) is 0. The number of aromatic nitrogens is 2. The molecule has 0 aliphatic carbocycles. The highest BCUT2D eigenvalue weighted by Crippen LogP contribution is 2.29. The molecule has 3 heterocycles. The average Bonchev–Trinajstić information content (AvgIpc) is 3.07. The summed E-state index contributed by atoms with van der Waals surface area (Å²) in [6.45, 7) is 10.1. The van der Waals surface area contributed by atoms with Gasteiger partial charge in [0.15, 0.2) is 0 Å². The summed E-state index contributed by atoms with van der Waals surface area (Å²) in [6.07, 6.45) is 2.94. The Bertz CT molecular complexity index is 1310. The van der Waals surface area contributed by atoms with Crippen LogP contribution >= 0.6 is 0 Å². The van der Waals surface area contributed by atoms with Gasteiger partial charge in [-0.25, -0.2) is 0 Å². The number of nitrogens with zero attached hydrogens (tertiary/aromatic N) is 2. The molecule has 4 nitrogen and oxygen atoms in total. The Morgan fingerprint density at radius 2 is 1.77 bits per heavy atom. The maximum absolute atomic E-state index is 13.0. The van der Waals surface area contributed by atoms with Gasteiger partial charge in [-0.1, -0.05) is 43.7 Å². The van der Waals surface area contributed by atoms with Crippen molar-refractivity contribution in [1.29, 1.82) is 0 Å². The number of fused-ring (bicyclic) bond motifs is 3. The molecule has 0 fully saturated rings. The maximum atomic E-state index is 13.0. The molecule has 0 unspecified atom stereocenters. The third-order valence-corrected chi connectivity index (χ3v) is 6.16. The van der Waals surface area contributed by atoms with Crippen LogP contribution in [0.25, 0.3) is 27.7 Å².